The van der Waals surface area contributed by atoms with Gasteiger partial charge in [0.2, 0.25) is 0 Å². The third-order valence-electron chi connectivity index (χ3n) is 4.32. The van der Waals surface area contributed by atoms with Crippen LogP contribution >= 0.6 is 11.6 Å². The summed E-state index contributed by atoms with van der Waals surface area (Å²) in [6, 6.07) is 15.2. The first kappa shape index (κ1) is 17.8. The lowest BCUT2D eigenvalue weighted by atomic mass is 9.98. The van der Waals surface area contributed by atoms with Crippen LogP contribution < -0.4 is 5.73 Å². The summed E-state index contributed by atoms with van der Waals surface area (Å²) in [5.41, 5.74) is 8.61. The molecule has 4 nitrogen and oxygen atoms in total. The highest BCUT2D eigenvalue weighted by Crippen LogP contribution is 2.35. The van der Waals surface area contributed by atoms with Crippen LogP contribution in [0.25, 0.3) is 33.3 Å². The van der Waals surface area contributed by atoms with Gasteiger partial charge < -0.3 is 5.73 Å². The maximum atomic E-state index is 13.6. The third kappa shape index (κ3) is 3.13. The van der Waals surface area contributed by atoms with E-state index >= 15 is 0 Å². The number of anilines is 1. The first-order chi connectivity index (χ1) is 13.5. The van der Waals surface area contributed by atoms with Gasteiger partial charge in [0.25, 0.3) is 0 Å². The van der Waals surface area contributed by atoms with E-state index in [1.54, 1.807) is 24.3 Å². The van der Waals surface area contributed by atoms with Gasteiger partial charge in [-0.1, -0.05) is 23.7 Å². The van der Waals surface area contributed by atoms with Crippen molar-refractivity contribution in [2.24, 2.45) is 0 Å². The number of nitrogens with two attached hydrogens (primary N) is 1. The van der Waals surface area contributed by atoms with Crippen LogP contribution in [0.3, 0.4) is 0 Å². The lowest BCUT2D eigenvalue weighted by Crippen LogP contribution is -2.00. The Labute approximate surface area is 163 Å². The zero-order valence-electron chi connectivity index (χ0n) is 14.2. The second-order valence-corrected chi connectivity index (χ2v) is 6.46. The van der Waals surface area contributed by atoms with Gasteiger partial charge in [0.15, 0.2) is 0 Å². The standard InChI is InChI=1S/C21H11ClF2N4/c22-20-16(8-12-7-14(24)5-6-18(12)27-20)19-9-15(17(10-25)21(26)28-19)11-1-3-13(23)4-2-11/h1-9H,(H2,26,28). The number of benzene rings is 2. The maximum Gasteiger partial charge on any atom is 0.142 e. The lowest BCUT2D eigenvalue weighted by molar-refractivity contribution is 0.628. The number of fused-ring (bicyclic) bond motifs is 1. The van der Waals surface area contributed by atoms with E-state index in [1.807, 2.05) is 6.07 Å². The van der Waals surface area contributed by atoms with E-state index in [4.69, 9.17) is 17.3 Å². The molecule has 2 aromatic carbocycles. The van der Waals surface area contributed by atoms with Crippen molar-refractivity contribution in [2.45, 2.75) is 0 Å². The fourth-order valence-corrected chi connectivity index (χ4v) is 3.22. The quantitative estimate of drug-likeness (QED) is 0.466. The van der Waals surface area contributed by atoms with Gasteiger partial charge in [-0.05, 0) is 48.0 Å². The number of hydrogen-bond donors (Lipinski definition) is 1. The van der Waals surface area contributed by atoms with Crippen molar-refractivity contribution in [3.8, 4) is 28.5 Å². The summed E-state index contributed by atoms with van der Waals surface area (Å²) >= 11 is 6.32. The highest BCUT2D eigenvalue weighted by Gasteiger charge is 2.16. The number of nitrogens with zero attached hydrogens (tertiary/aromatic N) is 3. The van der Waals surface area contributed by atoms with Gasteiger partial charge in [-0.25, -0.2) is 18.7 Å². The largest absolute Gasteiger partial charge is 0.383 e. The summed E-state index contributed by atoms with van der Waals surface area (Å²) in [5.74, 6) is -0.787. The van der Waals surface area contributed by atoms with E-state index < -0.39 is 11.6 Å². The van der Waals surface area contributed by atoms with Crippen LogP contribution in [-0.2, 0) is 0 Å². The van der Waals surface area contributed by atoms with E-state index in [0.29, 0.717) is 33.3 Å². The highest BCUT2D eigenvalue weighted by molar-refractivity contribution is 6.32. The molecule has 7 heteroatoms. The Morgan fingerprint density at radius 2 is 1.61 bits per heavy atom. The van der Waals surface area contributed by atoms with Crippen molar-refractivity contribution in [1.82, 2.24) is 9.97 Å². The average molecular weight is 393 g/mol. The summed E-state index contributed by atoms with van der Waals surface area (Å²) in [7, 11) is 0. The monoisotopic (exact) mass is 392 g/mol. The molecule has 0 aliphatic rings. The zero-order valence-corrected chi connectivity index (χ0v) is 15.0. The average Bonchev–Trinajstić information content (AvgIpc) is 2.68. The van der Waals surface area contributed by atoms with Gasteiger partial charge in [0, 0.05) is 16.5 Å². The molecular weight excluding hydrogens is 382 g/mol. The minimum Gasteiger partial charge on any atom is -0.383 e. The molecule has 0 saturated carbocycles. The number of nitrogen functional groups attached to an aromatic ring is 1. The van der Waals surface area contributed by atoms with Crippen LogP contribution in [0.2, 0.25) is 5.15 Å². The van der Waals surface area contributed by atoms with Crippen LogP contribution in [0, 0.1) is 23.0 Å². The molecule has 0 radical (unpaired) electrons. The van der Waals surface area contributed by atoms with Crippen molar-refractivity contribution < 1.29 is 8.78 Å². The molecule has 0 amide bonds. The Kier molecular flexibility index (Phi) is 4.38. The number of nitriles is 1. The summed E-state index contributed by atoms with van der Waals surface area (Å²) < 4.78 is 26.9. The van der Waals surface area contributed by atoms with E-state index in [-0.39, 0.29) is 16.5 Å². The molecule has 4 rings (SSSR count). The Bertz CT molecular complexity index is 1260. The zero-order chi connectivity index (χ0) is 19.8. The van der Waals surface area contributed by atoms with E-state index in [1.165, 1.54) is 30.3 Å². The van der Waals surface area contributed by atoms with Gasteiger partial charge >= 0.3 is 0 Å². The fourth-order valence-electron chi connectivity index (χ4n) is 2.98. The first-order valence-electron chi connectivity index (χ1n) is 8.19. The Balaban J connectivity index is 1.96. The van der Waals surface area contributed by atoms with Gasteiger partial charge in [-0.3, -0.25) is 0 Å². The summed E-state index contributed by atoms with van der Waals surface area (Å²) in [5, 5.41) is 10.2. The predicted molar refractivity (Wildman–Crippen MR) is 104 cm³/mol. The van der Waals surface area contributed by atoms with Crippen LogP contribution in [0.4, 0.5) is 14.6 Å². The highest BCUT2D eigenvalue weighted by atomic mass is 35.5. The number of rotatable bonds is 2. The second-order valence-electron chi connectivity index (χ2n) is 6.10. The van der Waals surface area contributed by atoms with Gasteiger partial charge in [0.1, 0.15) is 34.2 Å². The molecule has 4 aromatic rings. The molecule has 28 heavy (non-hydrogen) atoms. The fraction of sp³-hybridized carbons (Fsp3) is 0. The van der Waals surface area contributed by atoms with E-state index in [0.717, 1.165) is 0 Å². The molecule has 0 saturated heterocycles. The first-order valence-corrected chi connectivity index (χ1v) is 8.57. The molecule has 2 heterocycles. The van der Waals surface area contributed by atoms with Crippen LogP contribution in [0.1, 0.15) is 5.56 Å². The van der Waals surface area contributed by atoms with Crippen molar-refractivity contribution in [2.75, 3.05) is 5.73 Å². The molecule has 0 unspecified atom stereocenters. The molecule has 0 aliphatic carbocycles. The molecule has 2 N–H and O–H groups in total. The van der Waals surface area contributed by atoms with Crippen LogP contribution in [0.15, 0.2) is 54.6 Å². The Hall–Kier alpha value is -3.56. The number of aromatic nitrogens is 2. The van der Waals surface area contributed by atoms with Crippen LogP contribution in [0.5, 0.6) is 0 Å². The molecule has 0 fully saturated rings. The molecule has 0 aliphatic heterocycles. The van der Waals surface area contributed by atoms with Gasteiger partial charge in [-0.2, -0.15) is 5.26 Å². The Morgan fingerprint density at radius 3 is 2.32 bits per heavy atom. The molecule has 2 aromatic heterocycles. The van der Waals surface area contributed by atoms with Crippen molar-refractivity contribution in [3.05, 3.63) is 76.9 Å². The predicted octanol–water partition coefficient (Wildman–Crippen LogP) is 5.35. The third-order valence-corrected chi connectivity index (χ3v) is 4.61. The molecular formula is C21H11ClF2N4. The number of halogens is 3. The van der Waals surface area contributed by atoms with Crippen molar-refractivity contribution in [1.29, 1.82) is 5.26 Å². The normalized spacial score (nSPS) is 10.8. The minimum absolute atomic E-state index is 0.00901. The smallest absolute Gasteiger partial charge is 0.142 e. The molecule has 0 atom stereocenters. The van der Waals surface area contributed by atoms with E-state index in [2.05, 4.69) is 9.97 Å². The maximum absolute atomic E-state index is 13.6. The summed E-state index contributed by atoms with van der Waals surface area (Å²) in [4.78, 5) is 8.55. The number of pyridine rings is 2. The minimum atomic E-state index is -0.401. The van der Waals surface area contributed by atoms with Crippen LogP contribution in [-0.4, -0.2) is 9.97 Å². The number of hydrogen-bond acceptors (Lipinski definition) is 4. The van der Waals surface area contributed by atoms with Gasteiger partial charge in [0.05, 0.1) is 11.2 Å². The molecule has 136 valence electrons. The van der Waals surface area contributed by atoms with E-state index in [9.17, 15) is 14.0 Å². The van der Waals surface area contributed by atoms with Gasteiger partial charge in [-0.15, -0.1) is 0 Å². The second kappa shape index (κ2) is 6.87. The SMILES string of the molecule is N#Cc1c(-c2ccc(F)cc2)cc(-c2cc3cc(F)ccc3nc2Cl)nc1N. The van der Waals surface area contributed by atoms with Crippen molar-refractivity contribution in [3.63, 3.8) is 0 Å². The molecule has 0 bridgehead atoms. The summed E-state index contributed by atoms with van der Waals surface area (Å²) in [6.07, 6.45) is 0. The topological polar surface area (TPSA) is 75.6 Å². The summed E-state index contributed by atoms with van der Waals surface area (Å²) in [6.45, 7) is 0. The molecule has 0 spiro atoms. The lowest BCUT2D eigenvalue weighted by Gasteiger charge is -2.12. The Morgan fingerprint density at radius 1 is 0.893 bits per heavy atom. The van der Waals surface area contributed by atoms with Crippen molar-refractivity contribution >= 4 is 28.3 Å².